The van der Waals surface area contributed by atoms with Crippen molar-refractivity contribution in [3.05, 3.63) is 59.2 Å². The smallest absolute Gasteiger partial charge is 0.205 e. The molecule has 0 amide bonds. The van der Waals surface area contributed by atoms with Gasteiger partial charge in [-0.05, 0) is 54.7 Å². The normalized spacial score (nSPS) is 22.6. The highest BCUT2D eigenvalue weighted by atomic mass is 16.5. The van der Waals surface area contributed by atoms with E-state index < -0.39 is 0 Å². The second kappa shape index (κ2) is 6.01. The van der Waals surface area contributed by atoms with Crippen LogP contribution in [-0.2, 0) is 7.05 Å². The maximum Gasteiger partial charge on any atom is 0.205 e. The average Bonchev–Trinajstić information content (AvgIpc) is 3.30. The van der Waals surface area contributed by atoms with Crippen molar-refractivity contribution in [2.75, 3.05) is 0 Å². The summed E-state index contributed by atoms with van der Waals surface area (Å²) in [5.74, 6) is 2.41. The third-order valence-electron chi connectivity index (χ3n) is 6.07. The first-order valence-corrected chi connectivity index (χ1v) is 9.89. The molecule has 6 nitrogen and oxygen atoms in total. The monoisotopic (exact) mass is 371 g/mol. The molecule has 1 aromatic heterocycles. The zero-order valence-electron chi connectivity index (χ0n) is 15.7. The van der Waals surface area contributed by atoms with Crippen molar-refractivity contribution in [3.8, 4) is 22.9 Å². The molecule has 6 rings (SSSR count). The summed E-state index contributed by atoms with van der Waals surface area (Å²) in [4.78, 5) is 1.48. The van der Waals surface area contributed by atoms with Gasteiger partial charge in [0.2, 0.25) is 5.82 Å². The van der Waals surface area contributed by atoms with E-state index in [9.17, 15) is 0 Å². The molecular formula is C22H21N5O. The van der Waals surface area contributed by atoms with Gasteiger partial charge in [-0.1, -0.05) is 29.8 Å². The number of fused-ring (bicyclic) bond motifs is 4. The van der Waals surface area contributed by atoms with Crippen LogP contribution in [0.25, 0.3) is 17.0 Å². The molecule has 28 heavy (non-hydrogen) atoms. The van der Waals surface area contributed by atoms with Crippen molar-refractivity contribution < 1.29 is 4.74 Å². The van der Waals surface area contributed by atoms with E-state index in [-0.39, 0.29) is 0 Å². The Balaban J connectivity index is 1.52. The van der Waals surface area contributed by atoms with E-state index in [0.29, 0.717) is 17.9 Å². The molecular weight excluding hydrogens is 350 g/mol. The van der Waals surface area contributed by atoms with Gasteiger partial charge in [0, 0.05) is 28.8 Å². The lowest BCUT2D eigenvalue weighted by molar-refractivity contribution is 0.465. The van der Waals surface area contributed by atoms with E-state index in [1.807, 2.05) is 12.1 Å². The molecule has 4 heterocycles. The zero-order chi connectivity index (χ0) is 18.7. The standard InChI is InChI=1S/C22H21N5O/c1-27-25-22(24-26-27)13-6-9-18-20(12-13)28-19-5-3-2-4-17(19)21(18)14-10-15-7-8-16(11-14)23-15/h2-6,9,12,15-16,23H,7-8,10-11H2,1H3. The van der Waals surface area contributed by atoms with Crippen LogP contribution in [0, 0.1) is 0 Å². The number of hydrogen-bond donors (Lipinski definition) is 1. The third kappa shape index (κ3) is 2.48. The Kier molecular flexibility index (Phi) is 3.43. The van der Waals surface area contributed by atoms with Crippen molar-refractivity contribution >= 4 is 5.57 Å². The molecule has 2 aromatic carbocycles. The van der Waals surface area contributed by atoms with Gasteiger partial charge in [-0.15, -0.1) is 10.2 Å². The molecule has 0 aliphatic carbocycles. The predicted molar refractivity (Wildman–Crippen MR) is 106 cm³/mol. The molecule has 2 atom stereocenters. The summed E-state index contributed by atoms with van der Waals surface area (Å²) in [6.07, 6.45) is 4.80. The Labute approximate surface area is 163 Å². The number of benzene rings is 2. The molecule has 3 aromatic rings. The van der Waals surface area contributed by atoms with E-state index in [1.165, 1.54) is 34.3 Å². The van der Waals surface area contributed by atoms with Crippen LogP contribution in [0.3, 0.4) is 0 Å². The van der Waals surface area contributed by atoms with Crippen LogP contribution < -0.4 is 10.1 Å². The molecule has 0 radical (unpaired) electrons. The average molecular weight is 371 g/mol. The van der Waals surface area contributed by atoms with Crippen LogP contribution in [0.5, 0.6) is 11.5 Å². The second-order valence-corrected chi connectivity index (χ2v) is 7.94. The Morgan fingerprint density at radius 2 is 1.79 bits per heavy atom. The summed E-state index contributed by atoms with van der Waals surface area (Å²) in [5.41, 5.74) is 6.20. The number of tetrazole rings is 1. The van der Waals surface area contributed by atoms with Gasteiger partial charge >= 0.3 is 0 Å². The second-order valence-electron chi connectivity index (χ2n) is 7.94. The molecule has 3 aliphatic heterocycles. The topological polar surface area (TPSA) is 64.9 Å². The number of nitrogens with one attached hydrogen (secondary N) is 1. The van der Waals surface area contributed by atoms with Gasteiger partial charge in [-0.3, -0.25) is 0 Å². The van der Waals surface area contributed by atoms with Crippen molar-refractivity contribution in [2.24, 2.45) is 7.05 Å². The van der Waals surface area contributed by atoms with Crippen LogP contribution in [0.2, 0.25) is 0 Å². The maximum atomic E-state index is 6.30. The highest BCUT2D eigenvalue weighted by Crippen LogP contribution is 2.48. The first kappa shape index (κ1) is 16.0. The summed E-state index contributed by atoms with van der Waals surface area (Å²) in [7, 11) is 1.77. The summed E-state index contributed by atoms with van der Waals surface area (Å²) in [5, 5.41) is 16.2. The summed E-state index contributed by atoms with van der Waals surface area (Å²) in [6, 6.07) is 15.9. The van der Waals surface area contributed by atoms with Gasteiger partial charge in [0.05, 0.1) is 7.05 Å². The number of aromatic nitrogens is 4. The van der Waals surface area contributed by atoms with Crippen LogP contribution >= 0.6 is 0 Å². The zero-order valence-corrected chi connectivity index (χ0v) is 15.7. The Morgan fingerprint density at radius 1 is 1.00 bits per heavy atom. The molecule has 0 spiro atoms. The Morgan fingerprint density at radius 3 is 2.57 bits per heavy atom. The minimum Gasteiger partial charge on any atom is -0.456 e. The Hall–Kier alpha value is -2.99. The predicted octanol–water partition coefficient (Wildman–Crippen LogP) is 3.70. The van der Waals surface area contributed by atoms with E-state index in [2.05, 4.69) is 51.1 Å². The van der Waals surface area contributed by atoms with Crippen LogP contribution in [0.15, 0.2) is 48.0 Å². The highest BCUT2D eigenvalue weighted by Gasteiger charge is 2.34. The molecule has 0 saturated carbocycles. The molecule has 3 aliphatic rings. The largest absolute Gasteiger partial charge is 0.456 e. The molecule has 140 valence electrons. The molecule has 1 N–H and O–H groups in total. The molecule has 2 bridgehead atoms. The van der Waals surface area contributed by atoms with Crippen molar-refractivity contribution in [2.45, 2.75) is 37.8 Å². The highest BCUT2D eigenvalue weighted by molar-refractivity contribution is 5.90. The fourth-order valence-electron chi connectivity index (χ4n) is 4.87. The van der Waals surface area contributed by atoms with Gasteiger partial charge in [0.15, 0.2) is 0 Å². The van der Waals surface area contributed by atoms with E-state index in [4.69, 9.17) is 4.74 Å². The quantitative estimate of drug-likeness (QED) is 0.553. The molecule has 6 heteroatoms. The molecule has 2 saturated heterocycles. The lowest BCUT2D eigenvalue weighted by Crippen LogP contribution is -2.35. The SMILES string of the molecule is Cn1nnc(-c2ccc3c(c2)Oc2ccccc2C3=C2CC3CCC(C2)N3)n1. The van der Waals surface area contributed by atoms with Gasteiger partial charge in [0.1, 0.15) is 11.5 Å². The van der Waals surface area contributed by atoms with Gasteiger partial charge in [-0.25, -0.2) is 0 Å². The van der Waals surface area contributed by atoms with E-state index in [0.717, 1.165) is 29.9 Å². The number of aryl methyl sites for hydroxylation is 1. The number of piperidine rings is 1. The van der Waals surface area contributed by atoms with Crippen molar-refractivity contribution in [3.63, 3.8) is 0 Å². The summed E-state index contributed by atoms with van der Waals surface area (Å²) < 4.78 is 6.30. The first-order valence-electron chi connectivity index (χ1n) is 9.89. The minimum atomic E-state index is 0.613. The third-order valence-corrected chi connectivity index (χ3v) is 6.07. The Bertz CT molecular complexity index is 1100. The lowest BCUT2D eigenvalue weighted by atomic mass is 9.84. The van der Waals surface area contributed by atoms with Gasteiger partial charge in [-0.2, -0.15) is 4.80 Å². The van der Waals surface area contributed by atoms with E-state index >= 15 is 0 Å². The number of rotatable bonds is 1. The fraction of sp³-hybridized carbons (Fsp3) is 0.318. The van der Waals surface area contributed by atoms with Crippen LogP contribution in [-0.4, -0.2) is 32.3 Å². The fourth-order valence-corrected chi connectivity index (χ4v) is 4.87. The van der Waals surface area contributed by atoms with Crippen molar-refractivity contribution in [1.29, 1.82) is 0 Å². The van der Waals surface area contributed by atoms with Gasteiger partial charge < -0.3 is 10.1 Å². The number of para-hydroxylation sites is 1. The number of ether oxygens (including phenoxy) is 1. The van der Waals surface area contributed by atoms with Crippen molar-refractivity contribution in [1.82, 2.24) is 25.5 Å². The first-order chi connectivity index (χ1) is 13.7. The minimum absolute atomic E-state index is 0.613. The number of hydrogen-bond acceptors (Lipinski definition) is 5. The molecule has 2 unspecified atom stereocenters. The molecule has 2 fully saturated rings. The van der Waals surface area contributed by atoms with E-state index in [1.54, 1.807) is 12.6 Å². The van der Waals surface area contributed by atoms with Gasteiger partial charge in [0.25, 0.3) is 0 Å². The summed E-state index contributed by atoms with van der Waals surface area (Å²) >= 11 is 0. The van der Waals surface area contributed by atoms with Crippen LogP contribution in [0.1, 0.15) is 36.8 Å². The lowest BCUT2D eigenvalue weighted by Gasteiger charge is -2.30. The maximum absolute atomic E-state index is 6.30. The number of nitrogens with zero attached hydrogens (tertiary/aromatic N) is 4. The van der Waals surface area contributed by atoms with Crippen LogP contribution in [0.4, 0.5) is 0 Å². The summed E-state index contributed by atoms with van der Waals surface area (Å²) in [6.45, 7) is 0.